The molecular weight excluding hydrogens is 448 g/mol. The summed E-state index contributed by atoms with van der Waals surface area (Å²) in [7, 11) is 0. The van der Waals surface area contributed by atoms with Gasteiger partial charge in [0.15, 0.2) is 12.6 Å². The van der Waals surface area contributed by atoms with Gasteiger partial charge in [-0.2, -0.15) is 0 Å². The van der Waals surface area contributed by atoms with Gasteiger partial charge in [-0.05, 0) is 6.42 Å². The SMILES string of the molecule is NC[C@H]1O[C@H](O[C@@H]2[C@H](O)[C@@H](O[C@H]3O[C@H](CO)[C@@H](O)[C@H](N)[C@H]3O)[C@H](N)C[C@@H]2N)[C@H](O)[C@@H](O)[C@@H]1O. The Morgan fingerprint density at radius 3 is 1.70 bits per heavy atom. The van der Waals surface area contributed by atoms with Crippen molar-refractivity contribution in [3.8, 4) is 0 Å². The molecule has 3 fully saturated rings. The Morgan fingerprint density at radius 2 is 1.18 bits per heavy atom. The summed E-state index contributed by atoms with van der Waals surface area (Å²) in [6, 6.07) is -2.86. The molecule has 0 aromatic carbocycles. The Balaban J connectivity index is 1.72. The third-order valence-electron chi connectivity index (χ3n) is 6.48. The van der Waals surface area contributed by atoms with Crippen LogP contribution in [0.3, 0.4) is 0 Å². The van der Waals surface area contributed by atoms with Gasteiger partial charge in [0.25, 0.3) is 0 Å². The number of hydrogen-bond acceptors (Lipinski definition) is 15. The lowest BCUT2D eigenvalue weighted by Crippen LogP contribution is -2.68. The Kier molecular flexibility index (Phi) is 8.99. The van der Waals surface area contributed by atoms with Gasteiger partial charge < -0.3 is 77.6 Å². The zero-order chi connectivity index (χ0) is 24.6. The van der Waals surface area contributed by atoms with Crippen LogP contribution in [0.5, 0.6) is 0 Å². The Morgan fingerprint density at radius 1 is 0.667 bits per heavy atom. The van der Waals surface area contributed by atoms with E-state index in [-0.39, 0.29) is 13.0 Å². The molecule has 194 valence electrons. The maximum absolute atomic E-state index is 10.9. The van der Waals surface area contributed by atoms with E-state index in [4.69, 9.17) is 41.9 Å². The smallest absolute Gasteiger partial charge is 0.187 e. The molecule has 0 radical (unpaired) electrons. The summed E-state index contributed by atoms with van der Waals surface area (Å²) in [5, 5.41) is 70.9. The van der Waals surface area contributed by atoms with Crippen molar-refractivity contribution in [2.24, 2.45) is 22.9 Å². The van der Waals surface area contributed by atoms with Crippen molar-refractivity contribution in [1.29, 1.82) is 0 Å². The predicted octanol–water partition coefficient (Wildman–Crippen LogP) is -7.29. The molecule has 0 unspecified atom stereocenters. The molecule has 3 aliphatic rings. The third-order valence-corrected chi connectivity index (χ3v) is 6.48. The molecule has 15 atom stereocenters. The molecule has 15 nitrogen and oxygen atoms in total. The van der Waals surface area contributed by atoms with Gasteiger partial charge in [-0.1, -0.05) is 0 Å². The second-order valence-corrected chi connectivity index (χ2v) is 8.79. The van der Waals surface area contributed by atoms with Crippen molar-refractivity contribution in [1.82, 2.24) is 0 Å². The summed E-state index contributed by atoms with van der Waals surface area (Å²) in [5.41, 5.74) is 23.5. The van der Waals surface area contributed by atoms with Crippen LogP contribution in [0.2, 0.25) is 0 Å². The first-order valence-electron chi connectivity index (χ1n) is 10.8. The number of aliphatic hydroxyl groups is 7. The highest BCUT2D eigenvalue weighted by atomic mass is 16.7. The average molecular weight is 485 g/mol. The van der Waals surface area contributed by atoms with E-state index in [0.717, 1.165) is 0 Å². The minimum absolute atomic E-state index is 0.0849. The van der Waals surface area contributed by atoms with Crippen molar-refractivity contribution >= 4 is 0 Å². The van der Waals surface area contributed by atoms with E-state index in [2.05, 4.69) is 0 Å². The van der Waals surface area contributed by atoms with Crippen LogP contribution in [-0.4, -0.2) is 141 Å². The highest BCUT2D eigenvalue weighted by Gasteiger charge is 2.51. The van der Waals surface area contributed by atoms with E-state index < -0.39 is 98.4 Å². The zero-order valence-corrected chi connectivity index (χ0v) is 17.9. The molecule has 2 heterocycles. The number of nitrogens with two attached hydrogens (primary N) is 4. The Labute approximate surface area is 189 Å². The van der Waals surface area contributed by atoms with Crippen LogP contribution < -0.4 is 22.9 Å². The first kappa shape index (κ1) is 27.0. The summed E-state index contributed by atoms with van der Waals surface area (Å²) < 4.78 is 22.2. The topological polar surface area (TPSA) is 283 Å². The fraction of sp³-hybridized carbons (Fsp3) is 1.00. The number of aliphatic hydroxyl groups excluding tert-OH is 7. The minimum atomic E-state index is -1.66. The summed E-state index contributed by atoms with van der Waals surface area (Å²) in [4.78, 5) is 0. The van der Waals surface area contributed by atoms with E-state index in [0.29, 0.717) is 0 Å². The second-order valence-electron chi connectivity index (χ2n) is 8.79. The van der Waals surface area contributed by atoms with Crippen LogP contribution in [0, 0.1) is 0 Å². The maximum atomic E-state index is 10.9. The van der Waals surface area contributed by atoms with Crippen molar-refractivity contribution in [3.05, 3.63) is 0 Å². The van der Waals surface area contributed by atoms with E-state index >= 15 is 0 Å². The summed E-state index contributed by atoms with van der Waals surface area (Å²) in [5.74, 6) is 0. The number of hydrogen-bond donors (Lipinski definition) is 11. The lowest BCUT2D eigenvalue weighted by atomic mass is 9.84. The van der Waals surface area contributed by atoms with Gasteiger partial charge >= 0.3 is 0 Å². The van der Waals surface area contributed by atoms with Crippen LogP contribution in [0.4, 0.5) is 0 Å². The highest BCUT2D eigenvalue weighted by Crippen LogP contribution is 2.31. The van der Waals surface area contributed by atoms with Crippen molar-refractivity contribution < 1.29 is 54.7 Å². The molecule has 2 aliphatic heterocycles. The molecule has 0 aromatic rings. The van der Waals surface area contributed by atoms with Crippen LogP contribution >= 0.6 is 0 Å². The van der Waals surface area contributed by atoms with E-state index in [1.54, 1.807) is 0 Å². The molecule has 15 N–H and O–H groups in total. The molecule has 0 bridgehead atoms. The third kappa shape index (κ3) is 5.32. The predicted molar refractivity (Wildman–Crippen MR) is 108 cm³/mol. The molecule has 1 saturated carbocycles. The maximum Gasteiger partial charge on any atom is 0.187 e. The second kappa shape index (κ2) is 11.0. The fourth-order valence-electron chi connectivity index (χ4n) is 4.40. The zero-order valence-electron chi connectivity index (χ0n) is 17.9. The van der Waals surface area contributed by atoms with Gasteiger partial charge in [0.1, 0.15) is 61.0 Å². The molecular formula is C18H36N4O11. The Hall–Kier alpha value is -0.600. The van der Waals surface area contributed by atoms with Gasteiger partial charge in [-0.25, -0.2) is 0 Å². The van der Waals surface area contributed by atoms with Crippen LogP contribution in [0.25, 0.3) is 0 Å². The van der Waals surface area contributed by atoms with Gasteiger partial charge in [0.05, 0.1) is 12.6 Å². The average Bonchev–Trinajstić information content (AvgIpc) is 2.79. The van der Waals surface area contributed by atoms with Crippen molar-refractivity contribution in [2.45, 2.75) is 98.2 Å². The van der Waals surface area contributed by atoms with Crippen molar-refractivity contribution in [2.75, 3.05) is 13.2 Å². The molecule has 0 spiro atoms. The van der Waals surface area contributed by atoms with E-state index in [1.165, 1.54) is 0 Å². The lowest BCUT2D eigenvalue weighted by molar-refractivity contribution is -0.332. The van der Waals surface area contributed by atoms with E-state index in [9.17, 15) is 35.7 Å². The molecule has 2 saturated heterocycles. The molecule has 0 aromatic heterocycles. The standard InChI is InChI=1S/C18H36N4O11/c19-2-6-10(25)12(27)13(28)18(30-6)33-16-5(21)1-4(20)15(14(16)29)32-17-11(26)8(22)9(24)7(3-23)31-17/h4-18,23-29H,1-3,19-22H2/t4-,5+,6-,7-,8+,9-,10-,11-,12+,13-,14-,15+,16+,17-,18-/m1/s1. The summed E-state index contributed by atoms with van der Waals surface area (Å²) >= 11 is 0. The van der Waals surface area contributed by atoms with Crippen LogP contribution in [0.15, 0.2) is 0 Å². The van der Waals surface area contributed by atoms with Crippen LogP contribution in [0.1, 0.15) is 6.42 Å². The molecule has 15 heteroatoms. The first-order valence-corrected chi connectivity index (χ1v) is 10.8. The normalized spacial score (nSPS) is 53.7. The van der Waals surface area contributed by atoms with Gasteiger partial charge in [-0.3, -0.25) is 0 Å². The molecule has 0 amide bonds. The molecule has 1 aliphatic carbocycles. The number of ether oxygens (including phenoxy) is 4. The first-order chi connectivity index (χ1) is 15.5. The summed E-state index contributed by atoms with van der Waals surface area (Å²) in [6.45, 7) is -0.763. The Bertz CT molecular complexity index is 584. The molecule has 3 rings (SSSR count). The lowest BCUT2D eigenvalue weighted by Gasteiger charge is -2.48. The number of rotatable bonds is 6. The van der Waals surface area contributed by atoms with Crippen molar-refractivity contribution in [3.63, 3.8) is 0 Å². The largest absolute Gasteiger partial charge is 0.394 e. The fourth-order valence-corrected chi connectivity index (χ4v) is 4.40. The van der Waals surface area contributed by atoms with Gasteiger partial charge in [0.2, 0.25) is 0 Å². The highest BCUT2D eigenvalue weighted by molar-refractivity contribution is 5.01. The quantitative estimate of drug-likeness (QED) is 0.167. The van der Waals surface area contributed by atoms with Gasteiger partial charge in [-0.15, -0.1) is 0 Å². The summed E-state index contributed by atoms with van der Waals surface area (Å²) in [6.07, 6.45) is -16.5. The van der Waals surface area contributed by atoms with Crippen LogP contribution in [-0.2, 0) is 18.9 Å². The molecule has 33 heavy (non-hydrogen) atoms. The van der Waals surface area contributed by atoms with E-state index in [1.807, 2.05) is 0 Å². The minimum Gasteiger partial charge on any atom is -0.394 e. The van der Waals surface area contributed by atoms with Gasteiger partial charge in [0, 0.05) is 18.6 Å². The monoisotopic (exact) mass is 484 g/mol.